The van der Waals surface area contributed by atoms with E-state index in [1.165, 1.54) is 6.07 Å². The number of imide groups is 1. The highest BCUT2D eigenvalue weighted by molar-refractivity contribution is 6.33. The molecule has 0 radical (unpaired) electrons. The number of nitrogens with zero attached hydrogens (tertiary/aromatic N) is 2. The van der Waals surface area contributed by atoms with Gasteiger partial charge in [0.1, 0.15) is 6.54 Å². The predicted molar refractivity (Wildman–Crippen MR) is 105 cm³/mol. The van der Waals surface area contributed by atoms with Crippen molar-refractivity contribution in [3.05, 3.63) is 74.3 Å². The average molecular weight is 431 g/mol. The molecule has 0 fully saturated rings. The Hall–Kier alpha value is -3.79. The maximum Gasteiger partial charge on any atom is 0.270 e. The van der Waals surface area contributed by atoms with Crippen molar-refractivity contribution in [3.8, 4) is 0 Å². The summed E-state index contributed by atoms with van der Waals surface area (Å²) in [6.45, 7) is -0.383. The second kappa shape index (κ2) is 8.70. The first-order valence-corrected chi connectivity index (χ1v) is 9.11. The molecule has 2 N–H and O–H groups in total. The van der Waals surface area contributed by atoms with E-state index in [4.69, 9.17) is 11.6 Å². The van der Waals surface area contributed by atoms with Gasteiger partial charge in [-0.15, -0.1) is 0 Å². The molecule has 1 aliphatic heterocycles. The van der Waals surface area contributed by atoms with Gasteiger partial charge in [-0.25, -0.2) is 0 Å². The molecule has 2 aromatic rings. The van der Waals surface area contributed by atoms with Gasteiger partial charge in [0.05, 0.1) is 26.6 Å². The second-order valence-corrected chi connectivity index (χ2v) is 6.68. The number of nitro benzene ring substituents is 1. The molecule has 0 bridgehead atoms. The highest BCUT2D eigenvalue weighted by atomic mass is 35.5. The zero-order valence-corrected chi connectivity index (χ0v) is 16.1. The van der Waals surface area contributed by atoms with E-state index >= 15 is 0 Å². The average Bonchev–Trinajstić information content (AvgIpc) is 2.95. The smallest absolute Gasteiger partial charge is 0.270 e. The van der Waals surface area contributed by atoms with Crippen molar-refractivity contribution >= 4 is 40.9 Å². The number of amides is 4. The first-order chi connectivity index (χ1) is 14.3. The van der Waals surface area contributed by atoms with E-state index in [0.717, 1.165) is 12.1 Å². The Morgan fingerprint density at radius 3 is 2.37 bits per heavy atom. The number of fused-ring (bicyclic) bond motifs is 1. The van der Waals surface area contributed by atoms with Gasteiger partial charge in [-0.3, -0.25) is 34.2 Å². The third kappa shape index (κ3) is 4.28. The Balaban J connectivity index is 1.51. The third-order valence-electron chi connectivity index (χ3n) is 4.32. The maximum atomic E-state index is 12.4. The highest BCUT2D eigenvalue weighted by Gasteiger charge is 2.37. The Kier molecular flexibility index (Phi) is 6.07. The topological polar surface area (TPSA) is 139 Å². The zero-order chi connectivity index (χ0) is 21.8. The van der Waals surface area contributed by atoms with E-state index in [1.54, 1.807) is 24.3 Å². The summed E-state index contributed by atoms with van der Waals surface area (Å²) in [4.78, 5) is 59.7. The van der Waals surface area contributed by atoms with Gasteiger partial charge in [0.2, 0.25) is 5.91 Å². The van der Waals surface area contributed by atoms with Crippen LogP contribution in [0.5, 0.6) is 0 Å². The lowest BCUT2D eigenvalue weighted by Crippen LogP contribution is -2.42. The lowest BCUT2D eigenvalue weighted by molar-refractivity contribution is -0.384. The fourth-order valence-electron chi connectivity index (χ4n) is 2.85. The number of nitro groups is 1. The molecule has 30 heavy (non-hydrogen) atoms. The van der Waals surface area contributed by atoms with Crippen molar-refractivity contribution in [2.75, 3.05) is 19.6 Å². The normalized spacial score (nSPS) is 12.5. The first-order valence-electron chi connectivity index (χ1n) is 8.73. The summed E-state index contributed by atoms with van der Waals surface area (Å²) >= 11 is 5.93. The van der Waals surface area contributed by atoms with Crippen LogP contribution in [0.15, 0.2) is 42.5 Å². The van der Waals surface area contributed by atoms with E-state index in [1.807, 2.05) is 0 Å². The molecule has 0 atom stereocenters. The van der Waals surface area contributed by atoms with E-state index in [2.05, 4.69) is 10.6 Å². The fraction of sp³-hybridized carbons (Fsp3) is 0.158. The van der Waals surface area contributed by atoms with Crippen LogP contribution in [0.25, 0.3) is 0 Å². The molecular formula is C19H15ClN4O6. The number of hydrogen-bond acceptors (Lipinski definition) is 6. The zero-order valence-electron chi connectivity index (χ0n) is 15.4. The Bertz CT molecular complexity index is 1070. The number of nitrogens with one attached hydrogen (secondary N) is 2. The van der Waals surface area contributed by atoms with Crippen molar-refractivity contribution in [1.29, 1.82) is 0 Å². The van der Waals surface area contributed by atoms with Gasteiger partial charge in [0.25, 0.3) is 23.4 Å². The summed E-state index contributed by atoms with van der Waals surface area (Å²) in [5, 5.41) is 16.2. The minimum absolute atomic E-state index is 0.00500. The molecule has 154 valence electrons. The Morgan fingerprint density at radius 2 is 1.67 bits per heavy atom. The molecule has 10 nitrogen and oxygen atoms in total. The molecule has 0 spiro atoms. The van der Waals surface area contributed by atoms with Crippen molar-refractivity contribution in [2.45, 2.75) is 0 Å². The molecule has 2 aromatic carbocycles. The number of halogens is 1. The maximum absolute atomic E-state index is 12.4. The van der Waals surface area contributed by atoms with Gasteiger partial charge < -0.3 is 10.6 Å². The van der Waals surface area contributed by atoms with Gasteiger partial charge in [0, 0.05) is 25.2 Å². The fourth-order valence-corrected chi connectivity index (χ4v) is 3.08. The quantitative estimate of drug-likeness (QED) is 0.294. The number of rotatable bonds is 7. The number of non-ortho nitro benzene ring substituents is 1. The van der Waals surface area contributed by atoms with Crippen LogP contribution in [-0.2, 0) is 4.79 Å². The number of carbonyl (C=O) groups excluding carboxylic acids is 4. The Morgan fingerprint density at radius 1 is 1.00 bits per heavy atom. The molecule has 1 heterocycles. The van der Waals surface area contributed by atoms with Crippen molar-refractivity contribution in [2.24, 2.45) is 0 Å². The summed E-state index contributed by atoms with van der Waals surface area (Å²) in [7, 11) is 0. The van der Waals surface area contributed by atoms with Crippen molar-refractivity contribution in [3.63, 3.8) is 0 Å². The first kappa shape index (κ1) is 20.9. The second-order valence-electron chi connectivity index (χ2n) is 6.27. The molecule has 0 saturated carbocycles. The molecular weight excluding hydrogens is 416 g/mol. The SMILES string of the molecule is O=C(CN1C(=O)c2ccc([N+](=O)[O-])cc2C1=O)NCCNC(=O)c1ccccc1Cl. The lowest BCUT2D eigenvalue weighted by atomic mass is 10.1. The molecule has 0 aliphatic carbocycles. The number of carbonyl (C=O) groups is 4. The minimum atomic E-state index is -0.777. The van der Waals surface area contributed by atoms with E-state index < -0.39 is 35.1 Å². The van der Waals surface area contributed by atoms with Gasteiger partial charge in [-0.2, -0.15) is 0 Å². The van der Waals surface area contributed by atoms with Crippen molar-refractivity contribution < 1.29 is 24.1 Å². The number of benzene rings is 2. The molecule has 0 aromatic heterocycles. The van der Waals surface area contributed by atoms with E-state index in [9.17, 15) is 29.3 Å². The van der Waals surface area contributed by atoms with Crippen LogP contribution < -0.4 is 10.6 Å². The molecule has 1 aliphatic rings. The molecule has 3 rings (SSSR count). The summed E-state index contributed by atoms with van der Waals surface area (Å²) in [5.41, 5.74) is -0.138. The van der Waals surface area contributed by atoms with Crippen LogP contribution in [0.2, 0.25) is 5.02 Å². The van der Waals surface area contributed by atoms with Crippen LogP contribution in [0.3, 0.4) is 0 Å². The molecule has 4 amide bonds. The van der Waals surface area contributed by atoms with E-state index in [0.29, 0.717) is 15.5 Å². The number of hydrogen-bond donors (Lipinski definition) is 2. The monoisotopic (exact) mass is 430 g/mol. The molecule has 0 unspecified atom stereocenters. The summed E-state index contributed by atoms with van der Waals surface area (Å²) in [5.74, 6) is -2.50. The Labute approximate surface area is 174 Å². The largest absolute Gasteiger partial charge is 0.353 e. The van der Waals surface area contributed by atoms with Gasteiger partial charge in [-0.1, -0.05) is 23.7 Å². The minimum Gasteiger partial charge on any atom is -0.353 e. The molecule has 11 heteroatoms. The standard InChI is InChI=1S/C19H15ClN4O6/c20-15-4-2-1-3-13(15)17(26)22-8-7-21-16(25)10-23-18(27)12-6-5-11(24(29)30)9-14(12)19(23)28/h1-6,9H,7-8,10H2,(H,21,25)(H,22,26). The van der Waals surface area contributed by atoms with Crippen LogP contribution in [0.1, 0.15) is 31.1 Å². The summed E-state index contributed by atoms with van der Waals surface area (Å²) in [6, 6.07) is 9.82. The predicted octanol–water partition coefficient (Wildman–Crippen LogP) is 1.39. The highest BCUT2D eigenvalue weighted by Crippen LogP contribution is 2.26. The van der Waals surface area contributed by atoms with Gasteiger partial charge >= 0.3 is 0 Å². The third-order valence-corrected chi connectivity index (χ3v) is 4.65. The van der Waals surface area contributed by atoms with Crippen molar-refractivity contribution in [1.82, 2.24) is 15.5 Å². The van der Waals surface area contributed by atoms with Crippen LogP contribution >= 0.6 is 11.6 Å². The van der Waals surface area contributed by atoms with Gasteiger partial charge in [0.15, 0.2) is 0 Å². The van der Waals surface area contributed by atoms with E-state index in [-0.39, 0.29) is 29.9 Å². The van der Waals surface area contributed by atoms with Crippen LogP contribution in [0, 0.1) is 10.1 Å². The summed E-state index contributed by atoms with van der Waals surface area (Å²) in [6.07, 6.45) is 0. The van der Waals surface area contributed by atoms with Crippen LogP contribution in [-0.4, -0.2) is 53.1 Å². The van der Waals surface area contributed by atoms with Gasteiger partial charge in [-0.05, 0) is 18.2 Å². The van der Waals surface area contributed by atoms with Crippen LogP contribution in [0.4, 0.5) is 5.69 Å². The lowest BCUT2D eigenvalue weighted by Gasteiger charge is -2.13. The summed E-state index contributed by atoms with van der Waals surface area (Å²) < 4.78 is 0. The molecule has 0 saturated heterocycles.